The Bertz CT molecular complexity index is 83.1. The van der Waals surface area contributed by atoms with Gasteiger partial charge in [0.05, 0.1) is 6.61 Å². The lowest BCUT2D eigenvalue weighted by Gasteiger charge is -1.99. The molecule has 3 heteroatoms. The topological polar surface area (TPSA) is 47.3 Å². The summed E-state index contributed by atoms with van der Waals surface area (Å²) in [6.45, 7) is 4.24. The Balaban J connectivity index is 2.83. The third-order valence-corrected chi connectivity index (χ3v) is 0.889. The van der Waals surface area contributed by atoms with Gasteiger partial charge >= 0.3 is 0 Å². The summed E-state index contributed by atoms with van der Waals surface area (Å²) >= 11 is 0. The van der Waals surface area contributed by atoms with Gasteiger partial charge in [0.25, 0.3) is 0 Å². The maximum Gasteiger partial charge on any atom is 0.0685 e. The number of hydroxylamine groups is 1. The zero-order valence-corrected chi connectivity index (χ0v) is 5.81. The predicted molar refractivity (Wildman–Crippen MR) is 37.6 cm³/mol. The van der Waals surface area contributed by atoms with E-state index < -0.39 is 0 Å². The van der Waals surface area contributed by atoms with Crippen LogP contribution in [0.2, 0.25) is 0 Å². The average molecular weight is 130 g/mol. The molecule has 0 aromatic heterocycles. The van der Waals surface area contributed by atoms with E-state index in [1.54, 1.807) is 7.05 Å². The molecule has 0 radical (unpaired) electrons. The zero-order chi connectivity index (χ0) is 7.11. The van der Waals surface area contributed by atoms with Crippen molar-refractivity contribution in [2.45, 2.75) is 12.8 Å². The molecule has 3 nitrogen and oxygen atoms in total. The van der Waals surface area contributed by atoms with Crippen LogP contribution in [0.3, 0.4) is 0 Å². The normalized spacial score (nSPS) is 9.44. The molecule has 3 N–H and O–H groups in total. The highest BCUT2D eigenvalue weighted by atomic mass is 16.6. The van der Waals surface area contributed by atoms with Gasteiger partial charge in [-0.3, -0.25) is 0 Å². The van der Waals surface area contributed by atoms with Crippen molar-refractivity contribution in [3.8, 4) is 0 Å². The number of rotatable bonds is 5. The van der Waals surface area contributed by atoms with Crippen molar-refractivity contribution in [3.05, 3.63) is 12.3 Å². The summed E-state index contributed by atoms with van der Waals surface area (Å²) in [5, 5.41) is 0. The molecule has 54 valence electrons. The minimum atomic E-state index is 0.687. The van der Waals surface area contributed by atoms with Crippen LogP contribution >= 0.6 is 0 Å². The van der Waals surface area contributed by atoms with E-state index in [2.05, 4.69) is 12.1 Å². The van der Waals surface area contributed by atoms with Crippen LogP contribution in [0.1, 0.15) is 12.8 Å². The lowest BCUT2D eigenvalue weighted by Crippen LogP contribution is -2.09. The van der Waals surface area contributed by atoms with Crippen LogP contribution in [0.25, 0.3) is 0 Å². The molecule has 0 aromatic carbocycles. The van der Waals surface area contributed by atoms with Gasteiger partial charge in [-0.1, -0.05) is 6.58 Å². The zero-order valence-electron chi connectivity index (χ0n) is 5.81. The molecule has 0 fully saturated rings. The van der Waals surface area contributed by atoms with E-state index in [0.29, 0.717) is 6.61 Å². The second kappa shape index (κ2) is 5.59. The summed E-state index contributed by atoms with van der Waals surface area (Å²) in [5.74, 6) is 0. The summed E-state index contributed by atoms with van der Waals surface area (Å²) in [5.41, 5.74) is 8.59. The van der Waals surface area contributed by atoms with Crippen LogP contribution in [-0.4, -0.2) is 13.7 Å². The van der Waals surface area contributed by atoms with Crippen molar-refractivity contribution in [1.29, 1.82) is 0 Å². The molecule has 0 spiro atoms. The number of nitrogens with one attached hydrogen (secondary N) is 1. The number of nitrogens with two attached hydrogens (primary N) is 1. The predicted octanol–water partition coefficient (Wildman–Crippen LogP) is 0.390. The van der Waals surface area contributed by atoms with E-state index in [9.17, 15) is 0 Å². The Kier molecular flexibility index (Phi) is 5.26. The van der Waals surface area contributed by atoms with Crippen molar-refractivity contribution in [3.63, 3.8) is 0 Å². The van der Waals surface area contributed by atoms with Gasteiger partial charge < -0.3 is 10.6 Å². The van der Waals surface area contributed by atoms with Crippen LogP contribution in [0.4, 0.5) is 0 Å². The average Bonchev–Trinajstić information content (AvgIpc) is 1.80. The van der Waals surface area contributed by atoms with E-state index >= 15 is 0 Å². The first-order chi connectivity index (χ1) is 4.27. The summed E-state index contributed by atoms with van der Waals surface area (Å²) in [6, 6.07) is 0. The van der Waals surface area contributed by atoms with E-state index in [-0.39, 0.29) is 0 Å². The fourth-order valence-corrected chi connectivity index (χ4v) is 0.473. The quantitative estimate of drug-likeness (QED) is 0.418. The molecule has 0 saturated carbocycles. The first kappa shape index (κ1) is 8.46. The largest absolute Gasteiger partial charge is 0.403 e. The van der Waals surface area contributed by atoms with Gasteiger partial charge in [0.1, 0.15) is 0 Å². The van der Waals surface area contributed by atoms with Crippen molar-refractivity contribution in [2.24, 2.45) is 5.73 Å². The Labute approximate surface area is 55.8 Å². The van der Waals surface area contributed by atoms with Crippen LogP contribution < -0.4 is 11.2 Å². The minimum Gasteiger partial charge on any atom is -0.403 e. The van der Waals surface area contributed by atoms with Gasteiger partial charge in [-0.15, -0.1) is 0 Å². The monoisotopic (exact) mass is 130 g/mol. The van der Waals surface area contributed by atoms with Crippen LogP contribution in [-0.2, 0) is 4.84 Å². The fraction of sp³-hybridized carbons (Fsp3) is 0.667. The molecule has 0 atom stereocenters. The number of allylic oxidation sites excluding steroid dienone is 1. The van der Waals surface area contributed by atoms with Gasteiger partial charge in [-0.25, -0.2) is 5.48 Å². The second-order valence-electron chi connectivity index (χ2n) is 1.81. The second-order valence-corrected chi connectivity index (χ2v) is 1.81. The van der Waals surface area contributed by atoms with Gasteiger partial charge in [0.15, 0.2) is 0 Å². The van der Waals surface area contributed by atoms with Gasteiger partial charge in [0.2, 0.25) is 0 Å². The molecule has 0 heterocycles. The van der Waals surface area contributed by atoms with Gasteiger partial charge in [0, 0.05) is 12.7 Å². The molecular weight excluding hydrogens is 116 g/mol. The molecule has 0 rings (SSSR count). The van der Waals surface area contributed by atoms with E-state index in [0.717, 1.165) is 18.5 Å². The van der Waals surface area contributed by atoms with Crippen molar-refractivity contribution in [1.82, 2.24) is 5.48 Å². The van der Waals surface area contributed by atoms with E-state index in [1.807, 2.05) is 0 Å². The SMILES string of the molecule is C=C(N)CCCONC. The van der Waals surface area contributed by atoms with Crippen molar-refractivity contribution >= 4 is 0 Å². The fourth-order valence-electron chi connectivity index (χ4n) is 0.473. The first-order valence-corrected chi connectivity index (χ1v) is 2.99. The summed E-state index contributed by atoms with van der Waals surface area (Å²) in [6.07, 6.45) is 1.76. The van der Waals surface area contributed by atoms with Crippen LogP contribution in [0.5, 0.6) is 0 Å². The third kappa shape index (κ3) is 7.46. The lowest BCUT2D eigenvalue weighted by molar-refractivity contribution is 0.0564. The highest BCUT2D eigenvalue weighted by Crippen LogP contribution is 1.93. The molecule has 0 aliphatic rings. The van der Waals surface area contributed by atoms with Gasteiger partial charge in [-0.2, -0.15) is 0 Å². The molecule has 0 saturated heterocycles. The summed E-state index contributed by atoms with van der Waals surface area (Å²) in [4.78, 5) is 4.84. The molecule has 0 amide bonds. The van der Waals surface area contributed by atoms with Crippen LogP contribution in [0, 0.1) is 0 Å². The van der Waals surface area contributed by atoms with Gasteiger partial charge in [-0.05, 0) is 12.8 Å². The van der Waals surface area contributed by atoms with Crippen LogP contribution in [0.15, 0.2) is 12.3 Å². The summed E-state index contributed by atoms with van der Waals surface area (Å²) in [7, 11) is 1.73. The summed E-state index contributed by atoms with van der Waals surface area (Å²) < 4.78 is 0. The molecule has 9 heavy (non-hydrogen) atoms. The molecule has 0 aliphatic carbocycles. The first-order valence-electron chi connectivity index (χ1n) is 2.99. The lowest BCUT2D eigenvalue weighted by atomic mass is 10.3. The maximum atomic E-state index is 5.30. The van der Waals surface area contributed by atoms with Crippen molar-refractivity contribution in [2.75, 3.05) is 13.7 Å². The Morgan fingerprint density at radius 3 is 2.89 bits per heavy atom. The molecule has 0 aromatic rings. The van der Waals surface area contributed by atoms with Crippen molar-refractivity contribution < 1.29 is 4.84 Å². The van der Waals surface area contributed by atoms with E-state index in [1.165, 1.54) is 0 Å². The maximum absolute atomic E-state index is 5.30. The Hall–Kier alpha value is -0.540. The molecule has 0 unspecified atom stereocenters. The third-order valence-electron chi connectivity index (χ3n) is 0.889. The smallest absolute Gasteiger partial charge is 0.0685 e. The Morgan fingerprint density at radius 1 is 1.78 bits per heavy atom. The number of hydrogen-bond acceptors (Lipinski definition) is 3. The highest BCUT2D eigenvalue weighted by molar-refractivity contribution is 4.84. The molecular formula is C6H14N2O. The number of hydrogen-bond donors (Lipinski definition) is 2. The Morgan fingerprint density at radius 2 is 2.44 bits per heavy atom. The molecule has 0 bridgehead atoms. The standard InChI is InChI=1S/C6H14N2O/c1-6(7)4-3-5-9-8-2/h8H,1,3-5,7H2,2H3. The molecule has 0 aliphatic heterocycles. The highest BCUT2D eigenvalue weighted by Gasteiger charge is 1.86. The van der Waals surface area contributed by atoms with E-state index in [4.69, 9.17) is 10.6 Å². The minimum absolute atomic E-state index is 0.687.